The summed E-state index contributed by atoms with van der Waals surface area (Å²) in [5.74, 6) is -0.146. The molecule has 2 heterocycles. The lowest BCUT2D eigenvalue weighted by molar-refractivity contribution is -0.912. The molecule has 2 saturated heterocycles. The molecule has 1 N–H and O–H groups in total. The number of imide groups is 1. The zero-order valence-corrected chi connectivity index (χ0v) is 14.8. The van der Waals surface area contributed by atoms with Gasteiger partial charge in [-0.1, -0.05) is 12.1 Å². The number of piperidine rings is 1. The molecule has 2 aliphatic rings. The number of thioether (sulfide) groups is 2. The number of amides is 2. The van der Waals surface area contributed by atoms with Gasteiger partial charge in [-0.15, -0.1) is 11.8 Å². The first kappa shape index (κ1) is 16.6. The van der Waals surface area contributed by atoms with Crippen molar-refractivity contribution in [2.24, 2.45) is 0 Å². The van der Waals surface area contributed by atoms with Crippen LogP contribution in [0.25, 0.3) is 6.08 Å². The highest BCUT2D eigenvalue weighted by Crippen LogP contribution is 2.31. The Morgan fingerprint density at radius 1 is 1.17 bits per heavy atom. The van der Waals surface area contributed by atoms with Gasteiger partial charge in [0, 0.05) is 4.90 Å². The molecule has 0 aliphatic carbocycles. The Bertz CT molecular complexity index is 622. The van der Waals surface area contributed by atoms with Crippen LogP contribution in [0.1, 0.15) is 24.8 Å². The Morgan fingerprint density at radius 2 is 1.87 bits per heavy atom. The third kappa shape index (κ3) is 4.00. The van der Waals surface area contributed by atoms with Crippen molar-refractivity contribution in [1.82, 2.24) is 4.90 Å². The highest BCUT2D eigenvalue weighted by molar-refractivity contribution is 8.18. The standard InChI is InChI=1S/C17H20N2O2S2/c1-22-14-7-5-13(6-8-14)11-15-16(20)19(17(21)23-15)12-18-9-3-2-4-10-18/h5-8,11H,2-4,9-10,12H2,1H3/p+1/b15-11-. The van der Waals surface area contributed by atoms with E-state index in [1.165, 1.54) is 34.0 Å². The number of hydrogen-bond donors (Lipinski definition) is 1. The Labute approximate surface area is 145 Å². The molecule has 2 fully saturated rings. The van der Waals surface area contributed by atoms with Gasteiger partial charge in [0.15, 0.2) is 6.67 Å². The fourth-order valence-electron chi connectivity index (χ4n) is 2.92. The summed E-state index contributed by atoms with van der Waals surface area (Å²) in [7, 11) is 0. The van der Waals surface area contributed by atoms with Gasteiger partial charge in [-0.25, -0.2) is 4.90 Å². The summed E-state index contributed by atoms with van der Waals surface area (Å²) in [5, 5.41) is -0.139. The van der Waals surface area contributed by atoms with Crippen molar-refractivity contribution < 1.29 is 14.5 Å². The highest BCUT2D eigenvalue weighted by Gasteiger charge is 2.37. The molecule has 0 atom stereocenters. The smallest absolute Gasteiger partial charge is 0.298 e. The lowest BCUT2D eigenvalue weighted by atomic mass is 10.1. The van der Waals surface area contributed by atoms with Gasteiger partial charge in [0.1, 0.15) is 0 Å². The van der Waals surface area contributed by atoms with Crippen molar-refractivity contribution in [2.45, 2.75) is 24.2 Å². The molecule has 0 unspecified atom stereocenters. The molecule has 0 saturated carbocycles. The summed E-state index contributed by atoms with van der Waals surface area (Å²) in [5.41, 5.74) is 0.957. The number of carbonyl (C=O) groups is 2. The van der Waals surface area contributed by atoms with Crippen molar-refractivity contribution in [3.8, 4) is 0 Å². The van der Waals surface area contributed by atoms with Crippen molar-refractivity contribution >= 4 is 40.7 Å². The maximum absolute atomic E-state index is 12.5. The first-order chi connectivity index (χ1) is 11.2. The van der Waals surface area contributed by atoms with E-state index in [0.717, 1.165) is 30.4 Å². The van der Waals surface area contributed by atoms with Crippen LogP contribution in [-0.2, 0) is 4.79 Å². The zero-order valence-electron chi connectivity index (χ0n) is 13.2. The second-order valence-corrected chi connectivity index (χ2v) is 7.72. The molecule has 6 heteroatoms. The van der Waals surface area contributed by atoms with Crippen molar-refractivity contribution in [3.05, 3.63) is 34.7 Å². The van der Waals surface area contributed by atoms with Gasteiger partial charge < -0.3 is 4.90 Å². The van der Waals surface area contributed by atoms with Gasteiger partial charge in [0.05, 0.1) is 18.0 Å². The van der Waals surface area contributed by atoms with Gasteiger partial charge in [-0.05, 0) is 61.1 Å². The van der Waals surface area contributed by atoms with Gasteiger partial charge in [-0.2, -0.15) is 0 Å². The summed E-state index contributed by atoms with van der Waals surface area (Å²) < 4.78 is 0. The molecular formula is C17H21N2O2S2+. The van der Waals surface area contributed by atoms with Crippen LogP contribution in [0.15, 0.2) is 34.1 Å². The zero-order chi connectivity index (χ0) is 16.2. The van der Waals surface area contributed by atoms with Crippen LogP contribution in [0, 0.1) is 0 Å². The predicted octanol–water partition coefficient (Wildman–Crippen LogP) is 2.47. The quantitative estimate of drug-likeness (QED) is 0.670. The Hall–Kier alpha value is -1.24. The van der Waals surface area contributed by atoms with Crippen molar-refractivity contribution in [2.75, 3.05) is 26.0 Å². The number of nitrogens with zero attached hydrogens (tertiary/aromatic N) is 1. The molecule has 1 aromatic carbocycles. The molecule has 122 valence electrons. The average Bonchev–Trinajstić information content (AvgIpc) is 2.84. The van der Waals surface area contributed by atoms with Crippen LogP contribution in [0.3, 0.4) is 0 Å². The van der Waals surface area contributed by atoms with Crippen molar-refractivity contribution in [3.63, 3.8) is 0 Å². The van der Waals surface area contributed by atoms with E-state index >= 15 is 0 Å². The maximum Gasteiger partial charge on any atom is 0.298 e. The van der Waals surface area contributed by atoms with E-state index in [2.05, 4.69) is 0 Å². The minimum absolute atomic E-state index is 0.139. The summed E-state index contributed by atoms with van der Waals surface area (Å²) in [6.45, 7) is 2.61. The van der Waals surface area contributed by atoms with Crippen LogP contribution in [0.2, 0.25) is 0 Å². The monoisotopic (exact) mass is 349 g/mol. The van der Waals surface area contributed by atoms with E-state index in [1.807, 2.05) is 36.6 Å². The number of carbonyl (C=O) groups excluding carboxylic acids is 2. The van der Waals surface area contributed by atoms with Gasteiger partial charge in [-0.3, -0.25) is 9.59 Å². The number of likely N-dealkylation sites (tertiary alicyclic amines) is 1. The van der Waals surface area contributed by atoms with Crippen LogP contribution >= 0.6 is 23.5 Å². The predicted molar refractivity (Wildman–Crippen MR) is 95.4 cm³/mol. The third-order valence-electron chi connectivity index (χ3n) is 4.23. The first-order valence-electron chi connectivity index (χ1n) is 7.90. The Balaban J connectivity index is 1.70. The molecule has 0 aromatic heterocycles. The molecule has 23 heavy (non-hydrogen) atoms. The second kappa shape index (κ2) is 7.55. The molecule has 4 nitrogen and oxygen atoms in total. The number of hydrogen-bond acceptors (Lipinski definition) is 4. The van der Waals surface area contributed by atoms with E-state index < -0.39 is 0 Å². The van der Waals surface area contributed by atoms with Crippen molar-refractivity contribution in [1.29, 1.82) is 0 Å². The van der Waals surface area contributed by atoms with Gasteiger partial charge in [0.2, 0.25) is 0 Å². The largest absolute Gasteiger partial charge is 0.317 e. The van der Waals surface area contributed by atoms with Crippen LogP contribution < -0.4 is 4.90 Å². The van der Waals surface area contributed by atoms with Crippen LogP contribution in [0.4, 0.5) is 4.79 Å². The summed E-state index contributed by atoms with van der Waals surface area (Å²) in [6, 6.07) is 8.02. The Kier molecular flexibility index (Phi) is 5.46. The lowest BCUT2D eigenvalue weighted by Gasteiger charge is -2.26. The van der Waals surface area contributed by atoms with Gasteiger partial charge >= 0.3 is 0 Å². The minimum Gasteiger partial charge on any atom is -0.317 e. The average molecular weight is 350 g/mol. The highest BCUT2D eigenvalue weighted by atomic mass is 32.2. The fourth-order valence-corrected chi connectivity index (χ4v) is 4.17. The molecular weight excluding hydrogens is 328 g/mol. The summed E-state index contributed by atoms with van der Waals surface area (Å²) in [6.07, 6.45) is 7.48. The van der Waals surface area contributed by atoms with E-state index in [-0.39, 0.29) is 11.1 Å². The van der Waals surface area contributed by atoms with Crippen LogP contribution in [0.5, 0.6) is 0 Å². The first-order valence-corrected chi connectivity index (χ1v) is 9.94. The van der Waals surface area contributed by atoms with E-state index in [4.69, 9.17) is 0 Å². The topological polar surface area (TPSA) is 41.8 Å². The molecule has 1 aromatic rings. The molecule has 2 aliphatic heterocycles. The number of quaternary nitrogens is 1. The maximum atomic E-state index is 12.5. The normalized spacial score (nSPS) is 21.4. The molecule has 3 rings (SSSR count). The molecule has 2 amide bonds. The van der Waals surface area contributed by atoms with Gasteiger partial charge in [0.25, 0.3) is 11.1 Å². The second-order valence-electron chi connectivity index (χ2n) is 5.85. The van der Waals surface area contributed by atoms with E-state index in [0.29, 0.717) is 11.6 Å². The molecule has 0 spiro atoms. The SMILES string of the molecule is CSc1ccc(/C=C2\SC(=O)N(C[NH+]3CCCCC3)C2=O)cc1. The molecule has 0 radical (unpaired) electrons. The van der Waals surface area contributed by atoms with E-state index in [9.17, 15) is 9.59 Å². The molecule has 0 bridgehead atoms. The summed E-state index contributed by atoms with van der Waals surface area (Å²) in [4.78, 5) is 29.1. The number of nitrogens with one attached hydrogen (secondary N) is 1. The third-order valence-corrected chi connectivity index (χ3v) is 5.88. The van der Waals surface area contributed by atoms with E-state index in [1.54, 1.807) is 11.8 Å². The lowest BCUT2D eigenvalue weighted by Crippen LogP contribution is -3.14. The Morgan fingerprint density at radius 3 is 2.52 bits per heavy atom. The number of rotatable bonds is 4. The number of benzene rings is 1. The summed E-state index contributed by atoms with van der Waals surface area (Å²) >= 11 is 2.74. The fraction of sp³-hybridized carbons (Fsp3) is 0.412. The minimum atomic E-state index is -0.146. The van der Waals surface area contributed by atoms with Crippen LogP contribution in [-0.4, -0.2) is 42.1 Å².